The fraction of sp³-hybridized carbons (Fsp3) is 0.333. The topological polar surface area (TPSA) is 110 Å². The minimum Gasteiger partial charge on any atom is -0.382 e. The van der Waals surface area contributed by atoms with E-state index in [9.17, 15) is 4.79 Å². The average Bonchev–Trinajstić information content (AvgIpc) is 3.46. The highest BCUT2D eigenvalue weighted by Crippen LogP contribution is 2.40. The lowest BCUT2D eigenvalue weighted by Gasteiger charge is -2.28. The molecule has 0 spiro atoms. The van der Waals surface area contributed by atoms with Gasteiger partial charge in [0.2, 0.25) is 5.91 Å². The van der Waals surface area contributed by atoms with Gasteiger partial charge < -0.3 is 16.8 Å². The molecule has 1 amide bonds. The molecule has 182 valence electrons. The molecule has 1 fully saturated rings. The molecule has 0 aliphatic heterocycles. The zero-order chi connectivity index (χ0) is 24.4. The number of nitrogens with one attached hydrogen (secondary N) is 2. The first-order valence-corrected chi connectivity index (χ1v) is 13.3. The number of halogens is 1. The quantitative estimate of drug-likeness (QED) is 0.257. The molecule has 0 bridgehead atoms. The van der Waals surface area contributed by atoms with Crippen molar-refractivity contribution in [2.24, 2.45) is 17.6 Å². The predicted octanol–water partition coefficient (Wildman–Crippen LogP) is 5.69. The second kappa shape index (κ2) is 10.4. The van der Waals surface area contributed by atoms with E-state index in [0.717, 1.165) is 52.6 Å². The van der Waals surface area contributed by atoms with Crippen LogP contribution in [0.5, 0.6) is 0 Å². The Hall–Kier alpha value is -2.87. The van der Waals surface area contributed by atoms with Gasteiger partial charge in [0.25, 0.3) is 0 Å². The number of amides is 1. The van der Waals surface area contributed by atoms with E-state index < -0.39 is 0 Å². The highest BCUT2D eigenvalue weighted by Gasteiger charge is 2.28. The predicted molar refractivity (Wildman–Crippen MR) is 144 cm³/mol. The molecule has 1 saturated carbocycles. The number of anilines is 1. The summed E-state index contributed by atoms with van der Waals surface area (Å²) in [5.41, 5.74) is 15.7. The maximum atomic E-state index is 13.3. The molecule has 1 atom stereocenters. The first-order valence-electron chi connectivity index (χ1n) is 12.1. The third-order valence-corrected chi connectivity index (χ3v) is 8.57. The molecule has 1 aliphatic carbocycles. The number of nitrogen functional groups attached to an aromatic ring is 1. The number of rotatable bonds is 7. The van der Waals surface area contributed by atoms with Crippen LogP contribution in [0.3, 0.4) is 0 Å². The largest absolute Gasteiger partial charge is 0.382 e. The zero-order valence-corrected chi connectivity index (χ0v) is 21.0. The van der Waals surface area contributed by atoms with Crippen molar-refractivity contribution in [1.82, 2.24) is 15.5 Å². The van der Waals surface area contributed by atoms with E-state index >= 15 is 0 Å². The van der Waals surface area contributed by atoms with E-state index in [0.29, 0.717) is 29.0 Å². The number of carbonyl (C=O) groups excluding carboxylic acids is 1. The molecule has 2 aromatic carbocycles. The molecule has 8 heteroatoms. The Kier molecular flexibility index (Phi) is 7.09. The van der Waals surface area contributed by atoms with Gasteiger partial charge in [0.1, 0.15) is 4.34 Å². The SMILES string of the molecule is NCC1CCC(C(=O)NC(Cc2ccccc2)c2cc(-c3ccc4c(N)n[nH]c4c3)c(Cl)s2)CC1. The molecular formula is C27H30ClN5OS. The summed E-state index contributed by atoms with van der Waals surface area (Å²) in [7, 11) is 0. The number of carbonyl (C=O) groups is 1. The fourth-order valence-corrected chi connectivity index (χ4v) is 6.37. The van der Waals surface area contributed by atoms with Gasteiger partial charge in [-0.1, -0.05) is 48.0 Å². The maximum absolute atomic E-state index is 13.3. The monoisotopic (exact) mass is 507 g/mol. The van der Waals surface area contributed by atoms with Crippen LogP contribution in [0.4, 0.5) is 5.82 Å². The van der Waals surface area contributed by atoms with Gasteiger partial charge >= 0.3 is 0 Å². The number of aromatic amines is 1. The highest BCUT2D eigenvalue weighted by atomic mass is 35.5. The van der Waals surface area contributed by atoms with Crippen LogP contribution in [0.15, 0.2) is 54.6 Å². The number of nitrogens with two attached hydrogens (primary N) is 2. The lowest BCUT2D eigenvalue weighted by atomic mass is 9.81. The Morgan fingerprint density at radius 1 is 1.14 bits per heavy atom. The number of nitrogens with zero attached hydrogens (tertiary/aromatic N) is 1. The average molecular weight is 508 g/mol. The third-order valence-electron chi connectivity index (χ3n) is 7.10. The molecule has 35 heavy (non-hydrogen) atoms. The molecule has 5 rings (SSSR count). The molecule has 6 N–H and O–H groups in total. The zero-order valence-electron chi connectivity index (χ0n) is 19.5. The van der Waals surface area contributed by atoms with Crippen molar-refractivity contribution in [3.05, 3.63) is 69.4 Å². The van der Waals surface area contributed by atoms with Crippen molar-refractivity contribution in [1.29, 1.82) is 0 Å². The second-order valence-corrected chi connectivity index (χ2v) is 11.1. The highest BCUT2D eigenvalue weighted by molar-refractivity contribution is 7.16. The van der Waals surface area contributed by atoms with Crippen molar-refractivity contribution in [3.8, 4) is 11.1 Å². The van der Waals surface area contributed by atoms with Crippen LogP contribution in [-0.2, 0) is 11.2 Å². The lowest BCUT2D eigenvalue weighted by molar-refractivity contribution is -0.127. The summed E-state index contributed by atoms with van der Waals surface area (Å²) >= 11 is 8.27. The van der Waals surface area contributed by atoms with Gasteiger partial charge in [-0.2, -0.15) is 5.10 Å². The molecule has 6 nitrogen and oxygen atoms in total. The van der Waals surface area contributed by atoms with Gasteiger partial charge in [0.15, 0.2) is 5.82 Å². The van der Waals surface area contributed by atoms with E-state index in [1.807, 2.05) is 36.4 Å². The Morgan fingerprint density at radius 3 is 2.66 bits per heavy atom. The minimum absolute atomic E-state index is 0.0409. The summed E-state index contributed by atoms with van der Waals surface area (Å²) in [5.74, 6) is 1.19. The van der Waals surface area contributed by atoms with E-state index in [2.05, 4.69) is 33.7 Å². The summed E-state index contributed by atoms with van der Waals surface area (Å²) in [5, 5.41) is 11.3. The van der Waals surface area contributed by atoms with Crippen LogP contribution in [0.1, 0.15) is 42.2 Å². The lowest BCUT2D eigenvalue weighted by Crippen LogP contribution is -2.37. The number of aromatic nitrogens is 2. The number of thiophene rings is 1. The molecular weight excluding hydrogens is 478 g/mol. The van der Waals surface area contributed by atoms with Gasteiger partial charge in [-0.15, -0.1) is 11.3 Å². The van der Waals surface area contributed by atoms with Crippen molar-refractivity contribution < 1.29 is 4.79 Å². The first kappa shape index (κ1) is 23.9. The summed E-state index contributed by atoms with van der Waals surface area (Å²) in [6.07, 6.45) is 4.54. The van der Waals surface area contributed by atoms with Crippen LogP contribution >= 0.6 is 22.9 Å². The Morgan fingerprint density at radius 2 is 1.91 bits per heavy atom. The molecule has 1 aliphatic rings. The van der Waals surface area contributed by atoms with Crippen LogP contribution in [0, 0.1) is 11.8 Å². The Balaban J connectivity index is 1.41. The van der Waals surface area contributed by atoms with Crippen molar-refractivity contribution in [2.45, 2.75) is 38.1 Å². The summed E-state index contributed by atoms with van der Waals surface area (Å²) < 4.78 is 0.697. The van der Waals surface area contributed by atoms with Gasteiger partial charge in [0.05, 0.1) is 11.6 Å². The number of benzene rings is 2. The van der Waals surface area contributed by atoms with Crippen LogP contribution in [-0.4, -0.2) is 22.6 Å². The first-order chi connectivity index (χ1) is 17.0. The fourth-order valence-electron chi connectivity index (χ4n) is 4.99. The second-order valence-electron chi connectivity index (χ2n) is 9.41. The van der Waals surface area contributed by atoms with E-state index in [1.54, 1.807) is 0 Å². The van der Waals surface area contributed by atoms with Crippen molar-refractivity contribution in [2.75, 3.05) is 12.3 Å². The summed E-state index contributed by atoms with van der Waals surface area (Å²) in [4.78, 5) is 14.3. The smallest absolute Gasteiger partial charge is 0.223 e. The number of H-pyrrole nitrogens is 1. The van der Waals surface area contributed by atoms with Gasteiger partial charge in [-0.3, -0.25) is 9.89 Å². The third kappa shape index (κ3) is 5.22. The van der Waals surface area contributed by atoms with Crippen LogP contribution in [0.25, 0.3) is 22.0 Å². The van der Waals surface area contributed by atoms with Gasteiger partial charge in [-0.05, 0) is 73.9 Å². The maximum Gasteiger partial charge on any atom is 0.223 e. The number of hydrogen-bond donors (Lipinski definition) is 4. The molecule has 2 heterocycles. The van der Waals surface area contributed by atoms with Crippen LogP contribution in [0.2, 0.25) is 4.34 Å². The molecule has 0 saturated heterocycles. The molecule has 1 unspecified atom stereocenters. The Labute approximate surface area is 214 Å². The van der Waals surface area contributed by atoms with E-state index in [-0.39, 0.29) is 17.9 Å². The Bertz CT molecular complexity index is 1310. The minimum atomic E-state index is -0.153. The van der Waals surface area contributed by atoms with Gasteiger partial charge in [0, 0.05) is 21.7 Å². The van der Waals surface area contributed by atoms with Crippen molar-refractivity contribution >= 4 is 45.6 Å². The normalized spacial score (nSPS) is 19.0. The summed E-state index contributed by atoms with van der Waals surface area (Å²) in [6, 6.07) is 18.2. The van der Waals surface area contributed by atoms with E-state index in [1.165, 1.54) is 16.9 Å². The summed E-state index contributed by atoms with van der Waals surface area (Å²) in [6.45, 7) is 0.707. The molecule has 0 radical (unpaired) electrons. The number of hydrogen-bond acceptors (Lipinski definition) is 5. The number of fused-ring (bicyclic) bond motifs is 1. The molecule has 4 aromatic rings. The van der Waals surface area contributed by atoms with Crippen LogP contribution < -0.4 is 16.8 Å². The van der Waals surface area contributed by atoms with Crippen molar-refractivity contribution in [3.63, 3.8) is 0 Å². The standard InChI is InChI=1S/C27H30ClN5OS/c28-25-21(19-10-11-20-22(13-19)32-33-26(20)30)14-24(35-25)23(12-16-4-2-1-3-5-16)31-27(34)18-8-6-17(15-29)7-9-18/h1-5,10-11,13-14,17-18,23H,6-9,12,15,29H2,(H,31,34)(H3,30,32,33). The molecule has 2 aromatic heterocycles. The van der Waals surface area contributed by atoms with E-state index in [4.69, 9.17) is 23.1 Å². The van der Waals surface area contributed by atoms with Gasteiger partial charge in [-0.25, -0.2) is 0 Å².